The summed E-state index contributed by atoms with van der Waals surface area (Å²) in [5, 5.41) is 2.60. The van der Waals surface area contributed by atoms with Gasteiger partial charge < -0.3 is 4.74 Å². The molecule has 0 amide bonds. The molecule has 1 aliphatic rings. The molecule has 0 spiro atoms. The van der Waals surface area contributed by atoms with Gasteiger partial charge in [0.05, 0.1) is 6.61 Å². The van der Waals surface area contributed by atoms with Crippen molar-refractivity contribution in [1.82, 2.24) is 5.32 Å². The maximum Gasteiger partial charge on any atom is 0.288 e. The zero-order valence-electron chi connectivity index (χ0n) is 8.73. The van der Waals surface area contributed by atoms with Crippen LogP contribution in [0.4, 0.5) is 0 Å². The van der Waals surface area contributed by atoms with Gasteiger partial charge in [0.2, 0.25) is 0 Å². The van der Waals surface area contributed by atoms with Gasteiger partial charge in [-0.25, -0.2) is 0 Å². The summed E-state index contributed by atoms with van der Waals surface area (Å²) in [6, 6.07) is 0. The Hall–Kier alpha value is -0.850. The third-order valence-corrected chi connectivity index (χ3v) is 3.75. The van der Waals surface area contributed by atoms with Gasteiger partial charge in [0.1, 0.15) is 5.76 Å². The van der Waals surface area contributed by atoms with E-state index in [1.54, 1.807) is 6.08 Å². The third kappa shape index (κ3) is 2.39. The van der Waals surface area contributed by atoms with E-state index in [1.165, 1.54) is 19.2 Å². The summed E-state index contributed by atoms with van der Waals surface area (Å²) < 4.78 is 36.7. The average molecular weight is 233 g/mol. The van der Waals surface area contributed by atoms with Crippen LogP contribution in [0.2, 0.25) is 0 Å². The summed E-state index contributed by atoms with van der Waals surface area (Å²) in [6.07, 6.45) is 4.71. The Bertz CT molecular complexity index is 385. The molecule has 0 aromatic carbocycles. The number of rotatable bonds is 4. The van der Waals surface area contributed by atoms with Gasteiger partial charge in [-0.3, -0.25) is 9.87 Å². The Kier molecular flexibility index (Phi) is 3.54. The van der Waals surface area contributed by atoms with Crippen LogP contribution in [0, 0.1) is 0 Å². The van der Waals surface area contributed by atoms with Gasteiger partial charge in [-0.1, -0.05) is 0 Å². The van der Waals surface area contributed by atoms with Gasteiger partial charge in [0, 0.05) is 6.42 Å². The Morgan fingerprint density at radius 3 is 2.67 bits per heavy atom. The minimum absolute atomic E-state index is 0.147. The van der Waals surface area contributed by atoms with Gasteiger partial charge >= 0.3 is 0 Å². The van der Waals surface area contributed by atoms with Crippen molar-refractivity contribution in [2.45, 2.75) is 18.2 Å². The molecule has 0 aromatic heterocycles. The van der Waals surface area contributed by atoms with E-state index in [2.05, 4.69) is 5.32 Å². The fourth-order valence-electron chi connectivity index (χ4n) is 1.38. The number of hydrogen-bond acceptors (Lipinski definition) is 4. The molecule has 1 aliphatic carbocycles. The second kappa shape index (κ2) is 4.34. The van der Waals surface area contributed by atoms with E-state index < -0.39 is 15.0 Å². The number of allylic oxidation sites excluding steroid dienone is 1. The minimum atomic E-state index is -4.17. The van der Waals surface area contributed by atoms with E-state index in [4.69, 9.17) is 9.29 Å². The first-order chi connectivity index (χ1) is 6.95. The molecule has 15 heavy (non-hydrogen) atoms. The van der Waals surface area contributed by atoms with E-state index in [9.17, 15) is 8.42 Å². The van der Waals surface area contributed by atoms with E-state index in [0.29, 0.717) is 12.4 Å². The van der Waals surface area contributed by atoms with Crippen molar-refractivity contribution in [3.63, 3.8) is 0 Å². The maximum atomic E-state index is 11.2. The first kappa shape index (κ1) is 12.2. The molecule has 1 unspecified atom stereocenters. The molecule has 86 valence electrons. The molecular weight excluding hydrogens is 218 g/mol. The molecule has 1 rings (SSSR count). The molecule has 0 radical (unpaired) electrons. The third-order valence-electron chi connectivity index (χ3n) is 2.32. The number of hydrogen-bond donors (Lipinski definition) is 2. The second-order valence-corrected chi connectivity index (χ2v) is 4.87. The van der Waals surface area contributed by atoms with Crippen molar-refractivity contribution in [2.24, 2.45) is 0 Å². The summed E-state index contributed by atoms with van der Waals surface area (Å²) in [6.45, 7) is 2.37. The molecule has 2 N–H and O–H groups in total. The molecule has 0 saturated carbocycles. The maximum absolute atomic E-state index is 11.2. The lowest BCUT2D eigenvalue weighted by Gasteiger charge is -2.28. The van der Waals surface area contributed by atoms with Crippen LogP contribution in [0.5, 0.6) is 0 Å². The zero-order valence-corrected chi connectivity index (χ0v) is 9.54. The van der Waals surface area contributed by atoms with Crippen molar-refractivity contribution in [3.8, 4) is 0 Å². The first-order valence-corrected chi connectivity index (χ1v) is 6.07. The Morgan fingerprint density at radius 2 is 2.33 bits per heavy atom. The van der Waals surface area contributed by atoms with Crippen LogP contribution in [0.1, 0.15) is 13.3 Å². The van der Waals surface area contributed by atoms with E-state index in [-0.39, 0.29) is 6.42 Å². The summed E-state index contributed by atoms with van der Waals surface area (Å²) in [5.74, 6) is 0.618. The molecule has 0 saturated heterocycles. The summed E-state index contributed by atoms with van der Waals surface area (Å²) in [5.41, 5.74) is 0. The largest absolute Gasteiger partial charge is 0.494 e. The van der Waals surface area contributed by atoms with Crippen LogP contribution < -0.4 is 5.32 Å². The lowest BCUT2D eigenvalue weighted by Crippen LogP contribution is -2.48. The SMILES string of the molecule is CCOC1=CCC(NC)(S(=O)(=O)O)C=C1. The predicted molar refractivity (Wildman–Crippen MR) is 56.8 cm³/mol. The highest BCUT2D eigenvalue weighted by Crippen LogP contribution is 2.25. The topological polar surface area (TPSA) is 75.6 Å². The molecule has 0 aliphatic heterocycles. The summed E-state index contributed by atoms with van der Waals surface area (Å²) >= 11 is 0. The van der Waals surface area contributed by atoms with Crippen molar-refractivity contribution in [2.75, 3.05) is 13.7 Å². The van der Waals surface area contributed by atoms with Crippen molar-refractivity contribution >= 4 is 10.1 Å². The lowest BCUT2D eigenvalue weighted by molar-refractivity contribution is 0.238. The smallest absolute Gasteiger partial charge is 0.288 e. The summed E-state index contributed by atoms with van der Waals surface area (Å²) in [7, 11) is -2.69. The number of nitrogens with one attached hydrogen (secondary N) is 1. The van der Waals surface area contributed by atoms with Gasteiger partial charge in [0.25, 0.3) is 10.1 Å². The normalized spacial score (nSPS) is 26.2. The van der Waals surface area contributed by atoms with Crippen LogP contribution in [-0.4, -0.2) is 31.5 Å². The van der Waals surface area contributed by atoms with E-state index >= 15 is 0 Å². The highest BCUT2D eigenvalue weighted by molar-refractivity contribution is 7.87. The zero-order chi connectivity index (χ0) is 11.5. The van der Waals surface area contributed by atoms with Crippen LogP contribution >= 0.6 is 0 Å². The predicted octanol–water partition coefficient (Wildman–Crippen LogP) is 0.670. The Labute approximate surface area is 89.6 Å². The van der Waals surface area contributed by atoms with Gasteiger partial charge in [-0.15, -0.1) is 0 Å². The van der Waals surface area contributed by atoms with Crippen LogP contribution in [-0.2, 0) is 14.9 Å². The Morgan fingerprint density at radius 1 is 1.67 bits per heavy atom. The van der Waals surface area contributed by atoms with E-state index in [1.807, 2.05) is 6.92 Å². The molecule has 0 aromatic rings. The molecule has 0 bridgehead atoms. The van der Waals surface area contributed by atoms with E-state index in [0.717, 1.165) is 0 Å². The molecule has 5 nitrogen and oxygen atoms in total. The van der Waals surface area contributed by atoms with Crippen LogP contribution in [0.15, 0.2) is 24.0 Å². The first-order valence-electron chi connectivity index (χ1n) is 4.63. The van der Waals surface area contributed by atoms with Crippen LogP contribution in [0.25, 0.3) is 0 Å². The molecule has 6 heteroatoms. The Balaban J connectivity index is 2.91. The van der Waals surface area contributed by atoms with Crippen molar-refractivity contribution < 1.29 is 17.7 Å². The fourth-order valence-corrected chi connectivity index (χ4v) is 2.18. The average Bonchev–Trinajstić information content (AvgIpc) is 2.18. The molecule has 0 heterocycles. The van der Waals surface area contributed by atoms with Crippen molar-refractivity contribution in [1.29, 1.82) is 0 Å². The van der Waals surface area contributed by atoms with Gasteiger partial charge in [-0.2, -0.15) is 8.42 Å². The highest BCUT2D eigenvalue weighted by atomic mass is 32.2. The minimum Gasteiger partial charge on any atom is -0.494 e. The van der Waals surface area contributed by atoms with Gasteiger partial charge in [0.15, 0.2) is 4.87 Å². The molecule has 0 fully saturated rings. The fraction of sp³-hybridized carbons (Fsp3) is 0.556. The number of likely N-dealkylation sites (N-methyl/N-ethyl adjacent to an activating group) is 1. The standard InChI is InChI=1S/C9H15NO4S/c1-3-14-8-4-6-9(10-2,7-5-8)15(11,12)13/h4-6,10H,3,7H2,1-2H3,(H,11,12,13). The quantitative estimate of drug-likeness (QED) is 0.698. The summed E-state index contributed by atoms with van der Waals surface area (Å²) in [4.78, 5) is -1.42. The van der Waals surface area contributed by atoms with Crippen molar-refractivity contribution in [3.05, 3.63) is 24.0 Å². The van der Waals surface area contributed by atoms with Crippen LogP contribution in [0.3, 0.4) is 0 Å². The number of ether oxygens (including phenoxy) is 1. The van der Waals surface area contributed by atoms with Gasteiger partial charge in [-0.05, 0) is 32.2 Å². The monoisotopic (exact) mass is 233 g/mol. The second-order valence-electron chi connectivity index (χ2n) is 3.19. The lowest BCUT2D eigenvalue weighted by atomic mass is 10.1. The molecular formula is C9H15NO4S. The molecule has 1 atom stereocenters. The highest BCUT2D eigenvalue weighted by Gasteiger charge is 2.39.